The van der Waals surface area contributed by atoms with Crippen LogP contribution in [0.2, 0.25) is 0 Å². The Labute approximate surface area is 202 Å². The summed E-state index contributed by atoms with van der Waals surface area (Å²) in [4.78, 5) is 39.4. The minimum absolute atomic E-state index is 0.142. The normalized spacial score (nSPS) is 12.7. The molecule has 0 radical (unpaired) electrons. The fourth-order valence-electron chi connectivity index (χ4n) is 4.14. The third-order valence-corrected chi connectivity index (χ3v) is 5.87. The van der Waals surface area contributed by atoms with Crippen molar-refractivity contribution in [2.24, 2.45) is 5.10 Å². The molecule has 0 spiro atoms. The van der Waals surface area contributed by atoms with Crippen molar-refractivity contribution in [3.05, 3.63) is 108 Å². The summed E-state index contributed by atoms with van der Waals surface area (Å²) < 4.78 is 0. The lowest BCUT2D eigenvalue weighted by atomic mass is 10.1. The van der Waals surface area contributed by atoms with E-state index in [0.717, 1.165) is 22.0 Å². The number of carbonyl (C=O) groups excluding carboxylic acids is 3. The molecule has 5 rings (SSSR count). The number of hydrogen-bond donors (Lipinski definition) is 2. The van der Waals surface area contributed by atoms with Gasteiger partial charge < -0.3 is 5.32 Å². The smallest absolute Gasteiger partial charge is 0.260 e. The van der Waals surface area contributed by atoms with Crippen LogP contribution in [0.3, 0.4) is 0 Å². The first kappa shape index (κ1) is 22.0. The number of hydrogen-bond acceptors (Lipinski definition) is 4. The van der Waals surface area contributed by atoms with Crippen molar-refractivity contribution in [3.8, 4) is 0 Å². The number of nitrogens with one attached hydrogen (secondary N) is 2. The second kappa shape index (κ2) is 9.23. The topological polar surface area (TPSA) is 90.9 Å². The van der Waals surface area contributed by atoms with Gasteiger partial charge in [0.1, 0.15) is 6.54 Å². The summed E-state index contributed by atoms with van der Waals surface area (Å²) in [6.07, 6.45) is 0. The van der Waals surface area contributed by atoms with Crippen molar-refractivity contribution in [1.82, 2.24) is 5.43 Å². The number of carbonyl (C=O) groups is 3. The van der Waals surface area contributed by atoms with Crippen LogP contribution in [-0.2, 0) is 4.79 Å². The predicted octanol–water partition coefficient (Wildman–Crippen LogP) is 4.59. The van der Waals surface area contributed by atoms with Crippen LogP contribution in [0.5, 0.6) is 0 Å². The highest BCUT2D eigenvalue weighted by atomic mass is 16.2. The van der Waals surface area contributed by atoms with Gasteiger partial charge in [0.25, 0.3) is 17.7 Å². The Kier molecular flexibility index (Phi) is 5.81. The quantitative estimate of drug-likeness (QED) is 0.324. The molecule has 1 heterocycles. The minimum atomic E-state index is -0.406. The van der Waals surface area contributed by atoms with Gasteiger partial charge in [0.05, 0.1) is 11.4 Å². The number of nitrogens with zero attached hydrogens (tertiary/aromatic N) is 2. The molecule has 0 aliphatic carbocycles. The fourth-order valence-corrected chi connectivity index (χ4v) is 4.14. The molecule has 0 unspecified atom stereocenters. The summed E-state index contributed by atoms with van der Waals surface area (Å²) in [6, 6.07) is 27.4. The third-order valence-electron chi connectivity index (χ3n) is 5.87. The van der Waals surface area contributed by atoms with Gasteiger partial charge in [-0.3, -0.25) is 19.3 Å². The number of rotatable bonds is 6. The van der Waals surface area contributed by atoms with Gasteiger partial charge in [-0.1, -0.05) is 54.6 Å². The lowest BCUT2D eigenvalue weighted by Crippen LogP contribution is -2.37. The summed E-state index contributed by atoms with van der Waals surface area (Å²) in [5.74, 6) is -0.817. The number of amides is 3. The van der Waals surface area contributed by atoms with Crippen molar-refractivity contribution in [3.63, 3.8) is 0 Å². The zero-order chi connectivity index (χ0) is 24.4. The Bertz CT molecular complexity index is 1490. The largest absolute Gasteiger partial charge is 0.322 e. The van der Waals surface area contributed by atoms with Gasteiger partial charge in [-0.05, 0) is 54.3 Å². The predicted molar refractivity (Wildman–Crippen MR) is 137 cm³/mol. The number of benzene rings is 4. The maximum atomic E-state index is 12.9. The number of anilines is 2. The lowest BCUT2D eigenvalue weighted by molar-refractivity contribution is -0.119. The second-order valence-electron chi connectivity index (χ2n) is 8.21. The van der Waals surface area contributed by atoms with Gasteiger partial charge in [0.15, 0.2) is 0 Å². The van der Waals surface area contributed by atoms with Crippen molar-refractivity contribution in [2.75, 3.05) is 16.8 Å². The molecule has 4 aromatic carbocycles. The molecule has 172 valence electrons. The van der Waals surface area contributed by atoms with E-state index in [-0.39, 0.29) is 18.4 Å². The zero-order valence-corrected chi connectivity index (χ0v) is 19.0. The molecular formula is C28H22N4O3. The Morgan fingerprint density at radius 2 is 1.57 bits per heavy atom. The first-order valence-corrected chi connectivity index (χ1v) is 11.1. The molecule has 0 fully saturated rings. The van der Waals surface area contributed by atoms with E-state index in [1.807, 2.05) is 42.5 Å². The van der Waals surface area contributed by atoms with Gasteiger partial charge in [-0.15, -0.1) is 0 Å². The van der Waals surface area contributed by atoms with Crippen LogP contribution in [0.25, 0.3) is 10.8 Å². The molecule has 0 bridgehead atoms. The average molecular weight is 463 g/mol. The van der Waals surface area contributed by atoms with Gasteiger partial charge in [-0.25, -0.2) is 5.43 Å². The Balaban J connectivity index is 1.26. The molecule has 0 saturated heterocycles. The van der Waals surface area contributed by atoms with Crippen LogP contribution < -0.4 is 15.6 Å². The van der Waals surface area contributed by atoms with Crippen LogP contribution in [0.15, 0.2) is 96.1 Å². The van der Waals surface area contributed by atoms with E-state index < -0.39 is 5.91 Å². The molecule has 1 aliphatic rings. The zero-order valence-electron chi connectivity index (χ0n) is 19.0. The second-order valence-corrected chi connectivity index (χ2v) is 8.21. The first-order chi connectivity index (χ1) is 17.0. The van der Waals surface area contributed by atoms with Crippen LogP contribution in [0.1, 0.15) is 33.2 Å². The molecule has 35 heavy (non-hydrogen) atoms. The standard InChI is InChI=1S/C28H22N4O3/c1-18(21-12-5-13-22(16-21)29-27(34)20-8-3-2-4-9-20)30-31-25(33)17-32-24-15-7-11-19-10-6-14-23(26(19)24)28(32)35/h2-16H,17H2,1H3,(H,29,34)(H,31,33)/b30-18+. The molecule has 0 saturated carbocycles. The van der Waals surface area contributed by atoms with Crippen molar-refractivity contribution in [2.45, 2.75) is 6.92 Å². The molecule has 3 amide bonds. The highest BCUT2D eigenvalue weighted by Crippen LogP contribution is 2.36. The Morgan fingerprint density at radius 1 is 0.857 bits per heavy atom. The van der Waals surface area contributed by atoms with E-state index in [9.17, 15) is 14.4 Å². The van der Waals surface area contributed by atoms with E-state index in [1.54, 1.807) is 55.5 Å². The van der Waals surface area contributed by atoms with Crippen molar-refractivity contribution >= 4 is 45.6 Å². The highest BCUT2D eigenvalue weighted by Gasteiger charge is 2.30. The van der Waals surface area contributed by atoms with E-state index >= 15 is 0 Å². The Morgan fingerprint density at radius 3 is 2.37 bits per heavy atom. The molecule has 0 aromatic heterocycles. The van der Waals surface area contributed by atoms with E-state index in [0.29, 0.717) is 22.5 Å². The summed E-state index contributed by atoms with van der Waals surface area (Å²) in [6.45, 7) is 1.62. The third kappa shape index (κ3) is 4.39. The van der Waals surface area contributed by atoms with Crippen LogP contribution in [-0.4, -0.2) is 30.0 Å². The van der Waals surface area contributed by atoms with Crippen molar-refractivity contribution in [1.29, 1.82) is 0 Å². The summed E-state index contributed by atoms with van der Waals surface area (Å²) in [7, 11) is 0. The van der Waals surface area contributed by atoms with Crippen molar-refractivity contribution < 1.29 is 14.4 Å². The molecule has 0 atom stereocenters. The van der Waals surface area contributed by atoms with Crippen LogP contribution in [0.4, 0.5) is 11.4 Å². The minimum Gasteiger partial charge on any atom is -0.322 e. The van der Waals surface area contributed by atoms with E-state index in [2.05, 4.69) is 15.8 Å². The van der Waals surface area contributed by atoms with Gasteiger partial charge in [0.2, 0.25) is 0 Å². The average Bonchev–Trinajstić information content (AvgIpc) is 3.16. The summed E-state index contributed by atoms with van der Waals surface area (Å²) >= 11 is 0. The summed E-state index contributed by atoms with van der Waals surface area (Å²) in [5, 5.41) is 8.89. The molecule has 7 nitrogen and oxygen atoms in total. The maximum Gasteiger partial charge on any atom is 0.260 e. The van der Waals surface area contributed by atoms with Gasteiger partial charge >= 0.3 is 0 Å². The van der Waals surface area contributed by atoms with Gasteiger partial charge in [-0.2, -0.15) is 5.10 Å². The van der Waals surface area contributed by atoms with Crippen LogP contribution in [0, 0.1) is 0 Å². The maximum absolute atomic E-state index is 12.9. The molecule has 2 N–H and O–H groups in total. The molecule has 4 aromatic rings. The van der Waals surface area contributed by atoms with E-state index in [1.165, 1.54) is 4.90 Å². The van der Waals surface area contributed by atoms with E-state index in [4.69, 9.17) is 0 Å². The monoisotopic (exact) mass is 462 g/mol. The Hall–Kier alpha value is -4.78. The number of hydrazone groups is 1. The van der Waals surface area contributed by atoms with Crippen LogP contribution >= 0.6 is 0 Å². The summed E-state index contributed by atoms with van der Waals surface area (Å²) in [5.41, 5.74) is 6.34. The fraction of sp³-hybridized carbons (Fsp3) is 0.0714. The molecular weight excluding hydrogens is 440 g/mol. The van der Waals surface area contributed by atoms with Gasteiger partial charge in [0, 0.05) is 22.2 Å². The molecule has 1 aliphatic heterocycles. The molecule has 7 heteroatoms. The first-order valence-electron chi connectivity index (χ1n) is 11.1. The SMILES string of the molecule is C/C(=N\NC(=O)CN1C(=O)c2cccc3cccc1c23)c1cccc(NC(=O)c2ccccc2)c1. The highest BCUT2D eigenvalue weighted by molar-refractivity contribution is 6.26. The lowest BCUT2D eigenvalue weighted by Gasteiger charge is -2.16.